The average molecular weight is 224 g/mol. The van der Waals surface area contributed by atoms with Gasteiger partial charge in [-0.2, -0.15) is 0 Å². The van der Waals surface area contributed by atoms with Crippen LogP contribution in [0.5, 0.6) is 0 Å². The predicted octanol–water partition coefficient (Wildman–Crippen LogP) is 2.86. The predicted molar refractivity (Wildman–Crippen MR) is 45.4 cm³/mol. The van der Waals surface area contributed by atoms with Crippen molar-refractivity contribution in [3.05, 3.63) is 0 Å². The summed E-state index contributed by atoms with van der Waals surface area (Å²) in [5.74, 6) is 1.95. The first kappa shape index (κ1) is 6.84. The van der Waals surface area contributed by atoms with Gasteiger partial charge in [-0.05, 0) is 24.7 Å². The zero-order valence-electron chi connectivity index (χ0n) is 5.52. The quantitative estimate of drug-likeness (QED) is 0.438. The van der Waals surface area contributed by atoms with Gasteiger partial charge in [-0.15, -0.1) is 0 Å². The van der Waals surface area contributed by atoms with E-state index in [0.29, 0.717) is 0 Å². The fourth-order valence-corrected chi connectivity index (χ4v) is 2.37. The normalized spacial score (nSPS) is 47.6. The monoisotopic (exact) mass is 224 g/mol. The fourth-order valence-electron chi connectivity index (χ4n) is 1.30. The molecular formula is C7H13I. The minimum Gasteiger partial charge on any atom is -0.0823 e. The number of hydrogen-bond donors (Lipinski definition) is 0. The standard InChI is InChI=1S/C7H13I/c1-5-3-4-7(8)6(5)2/h5-7H,3-4H2,1-2H3/t5-,6?,7-/m1/s1. The second-order valence-corrected chi connectivity index (χ2v) is 4.53. The van der Waals surface area contributed by atoms with Crippen molar-refractivity contribution in [2.24, 2.45) is 11.8 Å². The molecule has 8 heavy (non-hydrogen) atoms. The fraction of sp³-hybridized carbons (Fsp3) is 1.00. The summed E-state index contributed by atoms with van der Waals surface area (Å²) in [4.78, 5) is 0. The Labute approximate surface area is 65.2 Å². The van der Waals surface area contributed by atoms with Gasteiger partial charge in [0.05, 0.1) is 0 Å². The number of rotatable bonds is 0. The molecule has 1 aliphatic rings. The van der Waals surface area contributed by atoms with Crippen LogP contribution in [0, 0.1) is 11.8 Å². The first-order valence-electron chi connectivity index (χ1n) is 3.36. The number of alkyl halides is 1. The van der Waals surface area contributed by atoms with Gasteiger partial charge in [0.2, 0.25) is 0 Å². The molecule has 0 spiro atoms. The lowest BCUT2D eigenvalue weighted by atomic mass is 10.0. The lowest BCUT2D eigenvalue weighted by molar-refractivity contribution is 0.468. The Kier molecular flexibility index (Phi) is 2.18. The second kappa shape index (κ2) is 2.54. The van der Waals surface area contributed by atoms with Crippen molar-refractivity contribution in [3.63, 3.8) is 0 Å². The van der Waals surface area contributed by atoms with Crippen LogP contribution >= 0.6 is 22.6 Å². The molecule has 0 amide bonds. The van der Waals surface area contributed by atoms with E-state index in [2.05, 4.69) is 36.4 Å². The molecule has 0 aromatic carbocycles. The lowest BCUT2D eigenvalue weighted by Crippen LogP contribution is -2.06. The van der Waals surface area contributed by atoms with E-state index in [1.165, 1.54) is 12.8 Å². The summed E-state index contributed by atoms with van der Waals surface area (Å²) in [6.07, 6.45) is 2.90. The van der Waals surface area contributed by atoms with Gasteiger partial charge in [-0.25, -0.2) is 0 Å². The first-order chi connectivity index (χ1) is 3.72. The molecule has 0 heterocycles. The maximum Gasteiger partial charge on any atom is 0.0138 e. The zero-order chi connectivity index (χ0) is 6.15. The number of hydrogen-bond acceptors (Lipinski definition) is 0. The molecule has 0 N–H and O–H groups in total. The van der Waals surface area contributed by atoms with Gasteiger partial charge in [0.15, 0.2) is 0 Å². The summed E-state index contributed by atoms with van der Waals surface area (Å²) >= 11 is 2.57. The molecule has 3 atom stereocenters. The van der Waals surface area contributed by atoms with E-state index >= 15 is 0 Å². The molecule has 1 aliphatic carbocycles. The van der Waals surface area contributed by atoms with E-state index in [4.69, 9.17) is 0 Å². The van der Waals surface area contributed by atoms with Gasteiger partial charge in [0, 0.05) is 3.92 Å². The van der Waals surface area contributed by atoms with Gasteiger partial charge in [0.1, 0.15) is 0 Å². The van der Waals surface area contributed by atoms with Gasteiger partial charge in [-0.3, -0.25) is 0 Å². The summed E-state index contributed by atoms with van der Waals surface area (Å²) in [6.45, 7) is 4.73. The van der Waals surface area contributed by atoms with E-state index in [1.54, 1.807) is 0 Å². The summed E-state index contributed by atoms with van der Waals surface area (Å²) in [5.41, 5.74) is 0. The molecule has 1 unspecified atom stereocenters. The summed E-state index contributed by atoms with van der Waals surface area (Å²) in [7, 11) is 0. The van der Waals surface area contributed by atoms with Crippen molar-refractivity contribution < 1.29 is 0 Å². The maximum absolute atomic E-state index is 2.57. The van der Waals surface area contributed by atoms with Crippen molar-refractivity contribution in [1.82, 2.24) is 0 Å². The Hall–Kier alpha value is 0.730. The first-order valence-corrected chi connectivity index (χ1v) is 4.60. The maximum atomic E-state index is 2.57. The van der Waals surface area contributed by atoms with Crippen LogP contribution in [0.25, 0.3) is 0 Å². The molecule has 1 saturated carbocycles. The largest absolute Gasteiger partial charge is 0.0823 e. The van der Waals surface area contributed by atoms with Crippen molar-refractivity contribution >= 4 is 22.6 Å². The summed E-state index contributed by atoms with van der Waals surface area (Å²) in [5, 5.41) is 0. The molecule has 0 aliphatic heterocycles. The highest BCUT2D eigenvalue weighted by molar-refractivity contribution is 14.1. The Morgan fingerprint density at radius 3 is 2.00 bits per heavy atom. The molecular weight excluding hydrogens is 211 g/mol. The van der Waals surface area contributed by atoms with Crippen LogP contribution in [-0.4, -0.2) is 3.92 Å². The van der Waals surface area contributed by atoms with Crippen molar-refractivity contribution in [1.29, 1.82) is 0 Å². The molecule has 1 fully saturated rings. The molecule has 0 aromatic rings. The Balaban J connectivity index is 2.44. The van der Waals surface area contributed by atoms with Crippen LogP contribution in [0.15, 0.2) is 0 Å². The highest BCUT2D eigenvalue weighted by Crippen LogP contribution is 2.35. The Morgan fingerprint density at radius 1 is 1.25 bits per heavy atom. The van der Waals surface area contributed by atoms with E-state index in [-0.39, 0.29) is 0 Å². The van der Waals surface area contributed by atoms with Gasteiger partial charge in [0.25, 0.3) is 0 Å². The van der Waals surface area contributed by atoms with Crippen LogP contribution in [0.4, 0.5) is 0 Å². The minimum absolute atomic E-state index is 0.961. The summed E-state index contributed by atoms with van der Waals surface area (Å²) in [6, 6.07) is 0. The Bertz CT molecular complexity index is 70.5. The zero-order valence-corrected chi connectivity index (χ0v) is 7.68. The van der Waals surface area contributed by atoms with Crippen LogP contribution < -0.4 is 0 Å². The van der Waals surface area contributed by atoms with Crippen LogP contribution in [0.3, 0.4) is 0 Å². The third kappa shape index (κ3) is 1.17. The molecule has 1 rings (SSSR count). The van der Waals surface area contributed by atoms with Crippen LogP contribution in [0.2, 0.25) is 0 Å². The molecule has 48 valence electrons. The topological polar surface area (TPSA) is 0 Å². The second-order valence-electron chi connectivity index (χ2n) is 2.93. The highest BCUT2D eigenvalue weighted by Gasteiger charge is 2.26. The van der Waals surface area contributed by atoms with Crippen molar-refractivity contribution in [2.75, 3.05) is 0 Å². The smallest absolute Gasteiger partial charge is 0.0138 e. The number of halogens is 1. The van der Waals surface area contributed by atoms with Crippen molar-refractivity contribution in [2.45, 2.75) is 30.6 Å². The van der Waals surface area contributed by atoms with Crippen molar-refractivity contribution in [3.8, 4) is 0 Å². The van der Waals surface area contributed by atoms with E-state index in [0.717, 1.165) is 15.8 Å². The van der Waals surface area contributed by atoms with Crippen LogP contribution in [-0.2, 0) is 0 Å². The lowest BCUT2D eigenvalue weighted by Gasteiger charge is -2.10. The summed E-state index contributed by atoms with van der Waals surface area (Å²) < 4.78 is 0.961. The van der Waals surface area contributed by atoms with E-state index < -0.39 is 0 Å². The van der Waals surface area contributed by atoms with Gasteiger partial charge < -0.3 is 0 Å². The average Bonchev–Trinajstić information content (AvgIpc) is 1.98. The Morgan fingerprint density at radius 2 is 1.88 bits per heavy atom. The van der Waals surface area contributed by atoms with E-state index in [9.17, 15) is 0 Å². The molecule has 0 aromatic heterocycles. The third-order valence-corrected chi connectivity index (χ3v) is 4.12. The molecule has 0 saturated heterocycles. The molecule has 0 radical (unpaired) electrons. The molecule has 0 bridgehead atoms. The van der Waals surface area contributed by atoms with E-state index in [1.807, 2.05) is 0 Å². The molecule has 0 nitrogen and oxygen atoms in total. The highest BCUT2D eigenvalue weighted by atomic mass is 127. The third-order valence-electron chi connectivity index (χ3n) is 2.37. The molecule has 1 heteroatoms. The SMILES string of the molecule is CC1[C@H](C)CC[C@H]1I. The van der Waals surface area contributed by atoms with Gasteiger partial charge >= 0.3 is 0 Å². The van der Waals surface area contributed by atoms with Crippen LogP contribution in [0.1, 0.15) is 26.7 Å². The minimum atomic E-state index is 0.961. The van der Waals surface area contributed by atoms with Gasteiger partial charge in [-0.1, -0.05) is 36.4 Å².